The second-order valence-corrected chi connectivity index (χ2v) is 5.34. The van der Waals surface area contributed by atoms with Gasteiger partial charge in [0, 0.05) is 24.4 Å². The lowest BCUT2D eigenvalue weighted by Gasteiger charge is -2.44. The Morgan fingerprint density at radius 1 is 1.50 bits per heavy atom. The molecule has 1 saturated carbocycles. The van der Waals surface area contributed by atoms with Crippen LogP contribution in [0.3, 0.4) is 0 Å². The van der Waals surface area contributed by atoms with Crippen LogP contribution < -0.4 is 5.73 Å². The second-order valence-electron chi connectivity index (χ2n) is 4.47. The Hall–Kier alpha value is -1.01. The highest BCUT2D eigenvalue weighted by molar-refractivity contribution is 7.15. The standard InChI is InChI=1S/C10H11F2N3S/c1-6-7(9(13)4-10(11,12)5-9)15-2-3-16-8(15)14-6/h2-3H,4-5,13H2,1H3. The van der Waals surface area contributed by atoms with E-state index in [2.05, 4.69) is 4.98 Å². The Morgan fingerprint density at radius 3 is 2.81 bits per heavy atom. The molecular weight excluding hydrogens is 232 g/mol. The minimum atomic E-state index is -2.62. The first-order chi connectivity index (χ1) is 7.41. The number of aryl methyl sites for hydroxylation is 1. The lowest BCUT2D eigenvalue weighted by Crippen LogP contribution is -2.56. The van der Waals surface area contributed by atoms with Crippen LogP contribution in [0.1, 0.15) is 24.2 Å². The molecule has 0 amide bonds. The minimum absolute atomic E-state index is 0.287. The molecule has 2 aromatic rings. The van der Waals surface area contributed by atoms with Gasteiger partial charge in [0.25, 0.3) is 5.92 Å². The van der Waals surface area contributed by atoms with Gasteiger partial charge in [-0.05, 0) is 6.92 Å². The van der Waals surface area contributed by atoms with E-state index >= 15 is 0 Å². The number of nitrogens with two attached hydrogens (primary N) is 1. The van der Waals surface area contributed by atoms with Crippen LogP contribution in [-0.2, 0) is 5.54 Å². The number of alkyl halides is 2. The van der Waals surface area contributed by atoms with Gasteiger partial charge in [0.15, 0.2) is 4.96 Å². The molecule has 0 radical (unpaired) electrons. The van der Waals surface area contributed by atoms with Gasteiger partial charge in [-0.1, -0.05) is 0 Å². The third-order valence-corrected chi connectivity index (χ3v) is 3.81. The normalized spacial score (nSPS) is 22.2. The Morgan fingerprint density at radius 2 is 2.19 bits per heavy atom. The number of nitrogens with zero attached hydrogens (tertiary/aromatic N) is 2. The molecule has 16 heavy (non-hydrogen) atoms. The van der Waals surface area contributed by atoms with E-state index in [0.29, 0.717) is 0 Å². The minimum Gasteiger partial charge on any atom is -0.320 e. The van der Waals surface area contributed by atoms with Gasteiger partial charge in [-0.3, -0.25) is 4.40 Å². The van der Waals surface area contributed by atoms with E-state index in [1.54, 1.807) is 0 Å². The first-order valence-electron chi connectivity index (χ1n) is 5.01. The summed E-state index contributed by atoms with van der Waals surface area (Å²) in [5, 5.41) is 1.88. The van der Waals surface area contributed by atoms with Crippen LogP contribution in [-0.4, -0.2) is 15.3 Å². The molecule has 0 aliphatic heterocycles. The molecule has 0 atom stereocenters. The first kappa shape index (κ1) is 10.2. The third-order valence-electron chi connectivity index (χ3n) is 3.06. The summed E-state index contributed by atoms with van der Waals surface area (Å²) in [7, 11) is 0. The van der Waals surface area contributed by atoms with Gasteiger partial charge in [-0.2, -0.15) is 0 Å². The van der Waals surface area contributed by atoms with Crippen LogP contribution in [0, 0.1) is 6.92 Å². The van der Waals surface area contributed by atoms with Crippen molar-refractivity contribution in [1.29, 1.82) is 0 Å². The first-order valence-corrected chi connectivity index (χ1v) is 5.89. The van der Waals surface area contributed by atoms with Crippen molar-refractivity contribution >= 4 is 16.3 Å². The van der Waals surface area contributed by atoms with Crippen molar-refractivity contribution in [3.8, 4) is 0 Å². The number of thiazole rings is 1. The second kappa shape index (κ2) is 2.81. The molecule has 0 unspecified atom stereocenters. The fourth-order valence-electron chi connectivity index (χ4n) is 2.53. The summed E-state index contributed by atoms with van der Waals surface area (Å²) in [6, 6.07) is 0. The molecule has 1 fully saturated rings. The molecule has 1 aliphatic carbocycles. The predicted octanol–water partition coefficient (Wildman–Crippen LogP) is 2.29. The number of halogens is 2. The van der Waals surface area contributed by atoms with Crippen molar-refractivity contribution in [2.75, 3.05) is 0 Å². The van der Waals surface area contributed by atoms with E-state index in [1.165, 1.54) is 11.3 Å². The molecule has 2 heterocycles. The zero-order valence-corrected chi connectivity index (χ0v) is 9.52. The molecule has 2 N–H and O–H groups in total. The lowest BCUT2D eigenvalue weighted by atomic mass is 9.71. The monoisotopic (exact) mass is 243 g/mol. The van der Waals surface area contributed by atoms with E-state index in [0.717, 1.165) is 16.3 Å². The Balaban J connectivity index is 2.12. The number of hydrogen-bond acceptors (Lipinski definition) is 3. The summed E-state index contributed by atoms with van der Waals surface area (Å²) in [6.45, 7) is 1.82. The highest BCUT2D eigenvalue weighted by atomic mass is 32.1. The maximum atomic E-state index is 13.0. The van der Waals surface area contributed by atoms with E-state index in [-0.39, 0.29) is 12.8 Å². The number of imidazole rings is 1. The molecule has 3 nitrogen and oxygen atoms in total. The van der Waals surface area contributed by atoms with Crippen molar-refractivity contribution in [2.45, 2.75) is 31.2 Å². The fourth-order valence-corrected chi connectivity index (χ4v) is 3.29. The Bertz CT molecular complexity index is 549. The van der Waals surface area contributed by atoms with Crippen LogP contribution in [0.25, 0.3) is 4.96 Å². The summed E-state index contributed by atoms with van der Waals surface area (Å²) >= 11 is 1.48. The molecule has 6 heteroatoms. The topological polar surface area (TPSA) is 43.3 Å². The van der Waals surface area contributed by atoms with Gasteiger partial charge in [-0.15, -0.1) is 11.3 Å². The van der Waals surface area contributed by atoms with Crippen LogP contribution >= 0.6 is 11.3 Å². The smallest absolute Gasteiger partial charge is 0.252 e. The highest BCUT2D eigenvalue weighted by Gasteiger charge is 2.57. The molecule has 0 aromatic carbocycles. The summed E-state index contributed by atoms with van der Waals surface area (Å²) in [4.78, 5) is 5.14. The molecule has 0 spiro atoms. The zero-order chi connectivity index (χ0) is 11.6. The van der Waals surface area contributed by atoms with Crippen molar-refractivity contribution in [2.24, 2.45) is 5.73 Å². The number of fused-ring (bicyclic) bond motifs is 1. The van der Waals surface area contributed by atoms with Crippen LogP contribution in [0.2, 0.25) is 0 Å². The Kier molecular flexibility index (Phi) is 1.78. The van der Waals surface area contributed by atoms with E-state index in [9.17, 15) is 8.78 Å². The van der Waals surface area contributed by atoms with Gasteiger partial charge in [0.1, 0.15) is 0 Å². The largest absolute Gasteiger partial charge is 0.320 e. The molecule has 2 aromatic heterocycles. The van der Waals surface area contributed by atoms with E-state index in [4.69, 9.17) is 5.73 Å². The lowest BCUT2D eigenvalue weighted by molar-refractivity contribution is -0.126. The number of rotatable bonds is 1. The van der Waals surface area contributed by atoms with E-state index < -0.39 is 11.5 Å². The summed E-state index contributed by atoms with van der Waals surface area (Å²) in [5.74, 6) is -2.62. The summed E-state index contributed by atoms with van der Waals surface area (Å²) in [6.07, 6.45) is 1.26. The van der Waals surface area contributed by atoms with Gasteiger partial charge in [0.2, 0.25) is 0 Å². The fraction of sp³-hybridized carbons (Fsp3) is 0.500. The van der Waals surface area contributed by atoms with Crippen LogP contribution in [0.15, 0.2) is 11.6 Å². The van der Waals surface area contributed by atoms with Crippen molar-refractivity contribution in [1.82, 2.24) is 9.38 Å². The quantitative estimate of drug-likeness (QED) is 0.835. The van der Waals surface area contributed by atoms with Gasteiger partial charge < -0.3 is 5.73 Å². The zero-order valence-electron chi connectivity index (χ0n) is 8.70. The maximum Gasteiger partial charge on any atom is 0.252 e. The van der Waals surface area contributed by atoms with Crippen molar-refractivity contribution in [3.05, 3.63) is 23.0 Å². The van der Waals surface area contributed by atoms with Gasteiger partial charge in [-0.25, -0.2) is 13.8 Å². The Labute approximate surface area is 94.9 Å². The molecule has 86 valence electrons. The number of hydrogen-bond donors (Lipinski definition) is 1. The summed E-state index contributed by atoms with van der Waals surface area (Å²) in [5.41, 5.74) is 6.60. The third kappa shape index (κ3) is 1.23. The van der Waals surface area contributed by atoms with Crippen molar-refractivity contribution in [3.63, 3.8) is 0 Å². The predicted molar refractivity (Wildman–Crippen MR) is 57.9 cm³/mol. The van der Waals surface area contributed by atoms with Crippen molar-refractivity contribution < 1.29 is 8.78 Å². The average Bonchev–Trinajstić information content (AvgIpc) is 2.57. The van der Waals surface area contributed by atoms with Gasteiger partial charge >= 0.3 is 0 Å². The maximum absolute atomic E-state index is 13.0. The van der Waals surface area contributed by atoms with Crippen LogP contribution in [0.4, 0.5) is 8.78 Å². The molecule has 1 aliphatic rings. The van der Waals surface area contributed by atoms with Gasteiger partial charge in [0.05, 0.1) is 16.9 Å². The SMILES string of the molecule is Cc1nc2sccn2c1C1(N)CC(F)(F)C1. The molecule has 0 saturated heterocycles. The van der Waals surface area contributed by atoms with Crippen LogP contribution in [0.5, 0.6) is 0 Å². The average molecular weight is 243 g/mol. The number of aromatic nitrogens is 2. The summed E-state index contributed by atoms with van der Waals surface area (Å²) < 4.78 is 27.8. The van der Waals surface area contributed by atoms with E-state index in [1.807, 2.05) is 22.9 Å². The molecule has 0 bridgehead atoms. The highest BCUT2D eigenvalue weighted by Crippen LogP contribution is 2.50. The molecule has 3 rings (SSSR count). The molecular formula is C10H11F2N3S.